The molecule has 0 spiro atoms. The number of para-hydroxylation sites is 1. The third-order valence-electron chi connectivity index (χ3n) is 9.22. The summed E-state index contributed by atoms with van der Waals surface area (Å²) in [5, 5.41) is 0.676. The molecule has 0 bridgehead atoms. The Morgan fingerprint density at radius 3 is 2.63 bits per heavy atom. The quantitative estimate of drug-likeness (QED) is 0.275. The topological polar surface area (TPSA) is 67.7 Å². The highest BCUT2D eigenvalue weighted by atomic mass is 19.2. The van der Waals surface area contributed by atoms with E-state index in [-0.39, 0.29) is 24.1 Å². The molecule has 220 valence electrons. The van der Waals surface area contributed by atoms with Gasteiger partial charge in [-0.15, -0.1) is 0 Å². The number of hydrogen-bond acceptors (Lipinski definition) is 5. The maximum absolute atomic E-state index is 15.5. The highest BCUT2D eigenvalue weighted by molar-refractivity contribution is 6.02. The Balaban J connectivity index is 1.53. The number of piperazine rings is 1. The molecule has 7 rings (SSSR count). The van der Waals surface area contributed by atoms with Crippen molar-refractivity contribution < 1.29 is 18.3 Å². The number of carbonyl (C=O) groups is 1. The Labute approximate surface area is 248 Å². The zero-order valence-corrected chi connectivity index (χ0v) is 24.2. The molecule has 4 aromatic rings. The van der Waals surface area contributed by atoms with Gasteiger partial charge >= 0.3 is 5.69 Å². The van der Waals surface area contributed by atoms with E-state index < -0.39 is 17.3 Å². The highest BCUT2D eigenvalue weighted by Crippen LogP contribution is 2.48. The number of ether oxygens (including phenoxy) is 1. The van der Waals surface area contributed by atoms with Gasteiger partial charge in [0.2, 0.25) is 5.91 Å². The van der Waals surface area contributed by atoms with E-state index in [1.807, 2.05) is 43.0 Å². The molecule has 1 atom stereocenters. The molecule has 1 aromatic heterocycles. The predicted molar refractivity (Wildman–Crippen MR) is 162 cm³/mol. The van der Waals surface area contributed by atoms with Gasteiger partial charge in [0.25, 0.3) is 0 Å². The summed E-state index contributed by atoms with van der Waals surface area (Å²) >= 11 is 0. The Morgan fingerprint density at radius 2 is 1.91 bits per heavy atom. The van der Waals surface area contributed by atoms with Crippen LogP contribution in [0.5, 0.6) is 5.75 Å². The summed E-state index contributed by atoms with van der Waals surface area (Å²) < 4.78 is 38.0. The number of amides is 1. The SMILES string of the molecule is C=CC(=O)N1CCN(c2nc(=O)n(-c3ccccc3C3CCC3)c3c4c(c(C)cc23)-c2c(ccc(F)c2F)CO4)[C@@H](C)C1. The summed E-state index contributed by atoms with van der Waals surface area (Å²) in [5.74, 6) is -0.865. The fourth-order valence-corrected chi connectivity index (χ4v) is 6.85. The molecule has 9 heteroatoms. The van der Waals surface area contributed by atoms with Gasteiger partial charge in [0.15, 0.2) is 17.4 Å². The summed E-state index contributed by atoms with van der Waals surface area (Å²) in [7, 11) is 0. The maximum atomic E-state index is 15.5. The molecule has 7 nitrogen and oxygen atoms in total. The summed E-state index contributed by atoms with van der Waals surface area (Å²) in [4.78, 5) is 35.0. The van der Waals surface area contributed by atoms with Crippen molar-refractivity contribution >= 4 is 22.6 Å². The largest absolute Gasteiger partial charge is 0.486 e. The number of hydrogen-bond donors (Lipinski definition) is 0. The van der Waals surface area contributed by atoms with Gasteiger partial charge in [-0.2, -0.15) is 4.98 Å². The van der Waals surface area contributed by atoms with Crippen molar-refractivity contribution in [3.8, 4) is 22.6 Å². The number of fused-ring (bicyclic) bond motifs is 5. The van der Waals surface area contributed by atoms with Crippen LogP contribution in [0, 0.1) is 18.6 Å². The Kier molecular flexibility index (Phi) is 6.56. The molecule has 1 amide bonds. The second kappa shape index (κ2) is 10.3. The first-order valence-corrected chi connectivity index (χ1v) is 14.8. The van der Waals surface area contributed by atoms with Gasteiger partial charge < -0.3 is 14.5 Å². The molecule has 1 saturated carbocycles. The van der Waals surface area contributed by atoms with Crippen LogP contribution in [-0.2, 0) is 11.4 Å². The average molecular weight is 583 g/mol. The Bertz CT molecular complexity index is 1880. The number of benzene rings is 3. The zero-order valence-electron chi connectivity index (χ0n) is 24.2. The fraction of sp³-hybridized carbons (Fsp3) is 0.324. The number of nitrogens with zero attached hydrogens (tertiary/aromatic N) is 4. The van der Waals surface area contributed by atoms with Crippen LogP contribution in [0.1, 0.15) is 48.8 Å². The molecule has 3 heterocycles. The number of aryl methyl sites for hydroxylation is 1. The minimum absolute atomic E-state index is 0.0347. The standard InChI is InChI=1S/C34H32F2N4O3/c1-4-27(41)38-14-15-39(20(3)17-38)33-24-16-19(2)28-29-22(12-13-25(35)30(29)36)18-43-32(28)31(24)40(34(42)37-33)26-11-6-5-10-23(26)21-8-7-9-21/h4-6,10-13,16,20-21H,1,7-9,14-15,17-18H2,2-3H3/t20-/m0/s1. The first-order chi connectivity index (χ1) is 20.8. The van der Waals surface area contributed by atoms with E-state index in [1.165, 1.54) is 6.08 Å². The van der Waals surface area contributed by atoms with Crippen molar-refractivity contribution in [3.05, 3.63) is 93.9 Å². The number of carbonyl (C=O) groups excluding carboxylic acids is 1. The van der Waals surface area contributed by atoms with E-state index in [4.69, 9.17) is 4.74 Å². The number of rotatable bonds is 4. The smallest absolute Gasteiger partial charge is 0.354 e. The molecule has 1 saturated heterocycles. The second-order valence-corrected chi connectivity index (χ2v) is 11.7. The molecule has 0 N–H and O–H groups in total. The van der Waals surface area contributed by atoms with Gasteiger partial charge in [-0.05, 0) is 68.0 Å². The lowest BCUT2D eigenvalue weighted by Gasteiger charge is -2.41. The Morgan fingerprint density at radius 1 is 1.12 bits per heavy atom. The minimum atomic E-state index is -0.935. The molecular formula is C34H32F2N4O3. The van der Waals surface area contributed by atoms with E-state index in [1.54, 1.807) is 15.5 Å². The highest BCUT2D eigenvalue weighted by Gasteiger charge is 2.34. The summed E-state index contributed by atoms with van der Waals surface area (Å²) in [5.41, 5.74) is 3.60. The molecular weight excluding hydrogens is 550 g/mol. The zero-order chi connectivity index (χ0) is 30.0. The van der Waals surface area contributed by atoms with Gasteiger partial charge in [-0.25, -0.2) is 13.6 Å². The van der Waals surface area contributed by atoms with Crippen LogP contribution in [0.4, 0.5) is 14.6 Å². The van der Waals surface area contributed by atoms with Gasteiger partial charge in [0.05, 0.1) is 5.69 Å². The van der Waals surface area contributed by atoms with Gasteiger partial charge in [0.1, 0.15) is 17.9 Å². The molecule has 3 aliphatic rings. The number of halogens is 2. The van der Waals surface area contributed by atoms with Gasteiger partial charge in [-0.3, -0.25) is 9.36 Å². The third kappa shape index (κ3) is 4.24. The van der Waals surface area contributed by atoms with Crippen LogP contribution in [0.25, 0.3) is 27.7 Å². The molecule has 2 aliphatic heterocycles. The van der Waals surface area contributed by atoms with Gasteiger partial charge in [-0.1, -0.05) is 37.3 Å². The van der Waals surface area contributed by atoms with E-state index >= 15 is 4.39 Å². The molecule has 2 fully saturated rings. The van der Waals surface area contributed by atoms with Crippen molar-refractivity contribution in [2.45, 2.75) is 51.7 Å². The van der Waals surface area contributed by atoms with Crippen LogP contribution in [0.15, 0.2) is 59.9 Å². The lowest BCUT2D eigenvalue weighted by Crippen LogP contribution is -2.54. The van der Waals surface area contributed by atoms with Crippen LogP contribution in [0.3, 0.4) is 0 Å². The summed E-state index contributed by atoms with van der Waals surface area (Å²) in [6.07, 6.45) is 4.50. The summed E-state index contributed by atoms with van der Waals surface area (Å²) in [6, 6.07) is 12.3. The fourth-order valence-electron chi connectivity index (χ4n) is 6.85. The van der Waals surface area contributed by atoms with E-state index in [9.17, 15) is 14.0 Å². The van der Waals surface area contributed by atoms with E-state index in [0.717, 1.165) is 36.6 Å². The number of aromatic nitrogens is 2. The average Bonchev–Trinajstić information content (AvgIpc) is 2.98. The van der Waals surface area contributed by atoms with Crippen LogP contribution in [0.2, 0.25) is 0 Å². The monoisotopic (exact) mass is 582 g/mol. The lowest BCUT2D eigenvalue weighted by molar-refractivity contribution is -0.126. The van der Waals surface area contributed by atoms with Crippen molar-refractivity contribution in [2.75, 3.05) is 24.5 Å². The van der Waals surface area contributed by atoms with Crippen LogP contribution >= 0.6 is 0 Å². The van der Waals surface area contributed by atoms with Crippen molar-refractivity contribution in [2.24, 2.45) is 0 Å². The van der Waals surface area contributed by atoms with Crippen molar-refractivity contribution in [3.63, 3.8) is 0 Å². The molecule has 0 unspecified atom stereocenters. The second-order valence-electron chi connectivity index (χ2n) is 11.7. The molecule has 3 aromatic carbocycles. The molecule has 43 heavy (non-hydrogen) atoms. The van der Waals surface area contributed by atoms with Gasteiger partial charge in [0, 0.05) is 47.8 Å². The lowest BCUT2D eigenvalue weighted by atomic mass is 9.79. The number of anilines is 1. The van der Waals surface area contributed by atoms with Crippen molar-refractivity contribution in [1.82, 2.24) is 14.5 Å². The molecule has 1 aliphatic carbocycles. The van der Waals surface area contributed by atoms with E-state index in [2.05, 4.69) is 17.6 Å². The molecule has 0 radical (unpaired) electrons. The van der Waals surface area contributed by atoms with Crippen LogP contribution < -0.4 is 15.3 Å². The van der Waals surface area contributed by atoms with Crippen LogP contribution in [-0.4, -0.2) is 46.0 Å². The minimum Gasteiger partial charge on any atom is -0.486 e. The third-order valence-corrected chi connectivity index (χ3v) is 9.22. The predicted octanol–water partition coefficient (Wildman–Crippen LogP) is 6.02. The first-order valence-electron chi connectivity index (χ1n) is 14.8. The first kappa shape index (κ1) is 27.3. The maximum Gasteiger partial charge on any atom is 0.354 e. The Hall–Kier alpha value is -4.53. The van der Waals surface area contributed by atoms with E-state index in [0.29, 0.717) is 64.7 Å². The van der Waals surface area contributed by atoms with Crippen molar-refractivity contribution in [1.29, 1.82) is 0 Å². The normalized spacial score (nSPS) is 18.1. The summed E-state index contributed by atoms with van der Waals surface area (Å²) in [6.45, 7) is 8.83.